The smallest absolute Gasteiger partial charge is 0.325 e. The second kappa shape index (κ2) is 40.7. The number of fused-ring (bicyclic) bond motifs is 6. The number of hydrogen-bond donors (Lipinski definition) is 2. The van der Waals surface area contributed by atoms with Crippen LogP contribution in [-0.2, 0) is 4.57 Å². The number of rotatable bonds is 50. The van der Waals surface area contributed by atoms with Gasteiger partial charge in [-0.2, -0.15) is 0 Å². The molecule has 0 amide bonds. The van der Waals surface area contributed by atoms with Crippen LogP contribution in [0.25, 0.3) is 32.3 Å². The lowest BCUT2D eigenvalue weighted by atomic mass is 9.93. The van der Waals surface area contributed by atoms with Crippen molar-refractivity contribution >= 4 is 39.9 Å². The van der Waals surface area contributed by atoms with E-state index in [-0.39, 0.29) is 6.16 Å². The largest absolute Gasteiger partial charge is 0.490 e. The van der Waals surface area contributed by atoms with Crippen LogP contribution >= 0.6 is 7.60 Å². The minimum Gasteiger partial charge on any atom is -0.490 e. The standard InChI is InChI=1S/C66H109O9P/c1-6-11-16-35-42-70-61-49-55-56-50-62(71-43-36-17-12-7-2)64(73-45-38-19-14-9-4)52-58(56)60-54-66(65(74-46-39-20-15-10-5)53-59(60)57(55)51-63(61)72-44-37-18-13-8-3)75-47-40-33-31-29-27-25-23-21-22-24-26-28-30-32-34-41-48-76(67,68)69/h49-54H,6-48H2,1-5H3,(H2,67,68,69). The normalized spacial score (nSPS) is 11.8. The molecule has 76 heavy (non-hydrogen) atoms. The molecule has 0 unspecified atom stereocenters. The predicted octanol–water partition coefficient (Wildman–Crippen LogP) is 20.7. The highest BCUT2D eigenvalue weighted by atomic mass is 31.2. The van der Waals surface area contributed by atoms with Crippen LogP contribution in [0.4, 0.5) is 0 Å². The molecule has 0 saturated carbocycles. The minimum absolute atomic E-state index is 0.0304. The molecule has 0 aromatic heterocycles. The molecule has 2 N–H and O–H groups in total. The van der Waals surface area contributed by atoms with Crippen LogP contribution in [0.3, 0.4) is 0 Å². The summed E-state index contributed by atoms with van der Waals surface area (Å²) in [5.41, 5.74) is 0. The summed E-state index contributed by atoms with van der Waals surface area (Å²) in [5, 5.41) is 6.65. The van der Waals surface area contributed by atoms with Gasteiger partial charge < -0.3 is 38.2 Å². The minimum atomic E-state index is -3.83. The second-order valence-electron chi connectivity index (χ2n) is 22.0. The van der Waals surface area contributed by atoms with E-state index < -0.39 is 7.60 Å². The Labute approximate surface area is 463 Å². The van der Waals surface area contributed by atoms with E-state index in [0.717, 1.165) is 157 Å². The molecule has 4 aromatic carbocycles. The van der Waals surface area contributed by atoms with Crippen LogP contribution in [0.15, 0.2) is 36.4 Å². The fourth-order valence-electron chi connectivity index (χ4n) is 10.3. The van der Waals surface area contributed by atoms with Crippen LogP contribution in [0.5, 0.6) is 34.5 Å². The van der Waals surface area contributed by atoms with Gasteiger partial charge in [0.15, 0.2) is 34.5 Å². The van der Waals surface area contributed by atoms with Gasteiger partial charge in [-0.1, -0.05) is 221 Å². The molecule has 0 heterocycles. The molecule has 0 aliphatic rings. The van der Waals surface area contributed by atoms with Crippen molar-refractivity contribution in [2.45, 2.75) is 266 Å². The molecule has 0 saturated heterocycles. The lowest BCUT2D eigenvalue weighted by Crippen LogP contribution is -2.05. The third kappa shape index (κ3) is 26.0. The second-order valence-corrected chi connectivity index (χ2v) is 23.7. The van der Waals surface area contributed by atoms with Crippen molar-refractivity contribution in [2.75, 3.05) is 45.8 Å². The molecule has 10 heteroatoms. The van der Waals surface area contributed by atoms with E-state index in [0.29, 0.717) is 46.1 Å². The Kier molecular flexibility index (Phi) is 34.9. The summed E-state index contributed by atoms with van der Waals surface area (Å²) in [6, 6.07) is 13.4. The van der Waals surface area contributed by atoms with Crippen LogP contribution < -0.4 is 28.4 Å². The van der Waals surface area contributed by atoms with Crippen LogP contribution in [0, 0.1) is 0 Å². The molecular formula is C66H109O9P. The van der Waals surface area contributed by atoms with E-state index in [4.69, 9.17) is 38.2 Å². The van der Waals surface area contributed by atoms with E-state index in [1.807, 2.05) is 0 Å². The van der Waals surface area contributed by atoms with Crippen molar-refractivity contribution in [3.05, 3.63) is 36.4 Å². The SMILES string of the molecule is CCCCCCOc1cc2c3cc(OCCCCCC)c(OCCCCCC)cc3c3cc(OCCCCCCCCCCCCCCCCCCP(=O)(O)O)c(OCCCCCC)cc3c2cc1OCCCCCC. The molecule has 0 spiro atoms. The van der Waals surface area contributed by atoms with Crippen molar-refractivity contribution in [2.24, 2.45) is 0 Å². The van der Waals surface area contributed by atoms with Gasteiger partial charge in [-0.15, -0.1) is 0 Å². The van der Waals surface area contributed by atoms with Gasteiger partial charge >= 0.3 is 7.60 Å². The molecule has 0 atom stereocenters. The zero-order valence-corrected chi connectivity index (χ0v) is 50.0. The molecule has 4 aromatic rings. The van der Waals surface area contributed by atoms with Crippen molar-refractivity contribution in [1.29, 1.82) is 0 Å². The van der Waals surface area contributed by atoms with Gasteiger partial charge in [0, 0.05) is 6.16 Å². The van der Waals surface area contributed by atoms with E-state index in [1.165, 1.54) is 135 Å². The van der Waals surface area contributed by atoms with Crippen molar-refractivity contribution in [3.63, 3.8) is 0 Å². The van der Waals surface area contributed by atoms with Gasteiger partial charge in [-0.3, -0.25) is 4.57 Å². The zero-order chi connectivity index (χ0) is 54.3. The molecule has 0 aliphatic carbocycles. The molecule has 432 valence electrons. The topological polar surface area (TPSA) is 113 Å². The average Bonchev–Trinajstić information content (AvgIpc) is 3.41. The summed E-state index contributed by atoms with van der Waals surface area (Å²) in [7, 11) is -3.83. The fourth-order valence-corrected chi connectivity index (χ4v) is 11.0. The number of ether oxygens (including phenoxy) is 6. The van der Waals surface area contributed by atoms with E-state index in [9.17, 15) is 4.57 Å². The number of hydrogen-bond acceptors (Lipinski definition) is 7. The van der Waals surface area contributed by atoms with Crippen LogP contribution in [-0.4, -0.2) is 55.6 Å². The van der Waals surface area contributed by atoms with E-state index >= 15 is 0 Å². The van der Waals surface area contributed by atoms with Gasteiger partial charge in [0.25, 0.3) is 0 Å². The highest BCUT2D eigenvalue weighted by molar-refractivity contribution is 7.51. The molecule has 4 rings (SSSR count). The molecule has 0 bridgehead atoms. The van der Waals surface area contributed by atoms with Gasteiger partial charge in [0.2, 0.25) is 0 Å². The van der Waals surface area contributed by atoms with E-state index in [1.54, 1.807) is 0 Å². The Bertz CT molecular complexity index is 2120. The van der Waals surface area contributed by atoms with Crippen molar-refractivity contribution in [1.82, 2.24) is 0 Å². The highest BCUT2D eigenvalue weighted by Gasteiger charge is 2.21. The first-order chi connectivity index (χ1) is 37.2. The summed E-state index contributed by atoms with van der Waals surface area (Å²) in [6.45, 7) is 15.2. The summed E-state index contributed by atoms with van der Waals surface area (Å²) in [6.07, 6.45) is 41.6. The molecule has 0 aliphatic heterocycles. The van der Waals surface area contributed by atoms with Crippen molar-refractivity contribution < 1.29 is 42.8 Å². The monoisotopic (exact) mass is 1080 g/mol. The maximum absolute atomic E-state index is 11.0. The summed E-state index contributed by atoms with van der Waals surface area (Å²) < 4.78 is 51.4. The Balaban J connectivity index is 1.59. The van der Waals surface area contributed by atoms with E-state index in [2.05, 4.69) is 71.0 Å². The third-order valence-corrected chi connectivity index (χ3v) is 15.9. The van der Waals surface area contributed by atoms with Crippen LogP contribution in [0.1, 0.15) is 266 Å². The average molecular weight is 1080 g/mol. The van der Waals surface area contributed by atoms with Gasteiger partial charge in [-0.05, 0) is 114 Å². The fraction of sp³-hybridized carbons (Fsp3) is 0.727. The first-order valence-electron chi connectivity index (χ1n) is 31.6. The van der Waals surface area contributed by atoms with Crippen molar-refractivity contribution in [3.8, 4) is 34.5 Å². The highest BCUT2D eigenvalue weighted by Crippen LogP contribution is 2.47. The third-order valence-electron chi connectivity index (χ3n) is 15.0. The number of unbranched alkanes of at least 4 members (excludes halogenated alkanes) is 30. The first kappa shape index (κ1) is 65.1. The van der Waals surface area contributed by atoms with Crippen LogP contribution in [0.2, 0.25) is 0 Å². The molecule has 0 fully saturated rings. The Hall–Kier alpha value is -3.39. The van der Waals surface area contributed by atoms with Gasteiger partial charge in [-0.25, -0.2) is 0 Å². The molecule has 0 radical (unpaired) electrons. The Morgan fingerprint density at radius 3 is 0.592 bits per heavy atom. The lowest BCUT2D eigenvalue weighted by Gasteiger charge is -2.21. The summed E-state index contributed by atoms with van der Waals surface area (Å²) >= 11 is 0. The maximum Gasteiger partial charge on any atom is 0.325 e. The lowest BCUT2D eigenvalue weighted by molar-refractivity contribution is 0.259. The first-order valence-corrected chi connectivity index (χ1v) is 33.4. The maximum atomic E-state index is 11.0. The molecule has 9 nitrogen and oxygen atoms in total. The Morgan fingerprint density at radius 1 is 0.263 bits per heavy atom. The number of benzene rings is 4. The molecular weight excluding hydrogens is 968 g/mol. The summed E-state index contributed by atoms with van der Waals surface area (Å²) in [5.74, 6) is 4.82. The predicted molar refractivity (Wildman–Crippen MR) is 323 cm³/mol. The Morgan fingerprint density at radius 2 is 0.421 bits per heavy atom. The van der Waals surface area contributed by atoms with Gasteiger partial charge in [0.1, 0.15) is 0 Å². The quantitative estimate of drug-likeness (QED) is 0.0254. The summed E-state index contributed by atoms with van der Waals surface area (Å²) in [4.78, 5) is 18.0. The van der Waals surface area contributed by atoms with Gasteiger partial charge in [0.05, 0.1) is 39.6 Å². The zero-order valence-electron chi connectivity index (χ0n) is 49.1.